The number of carbonyl (C=O) groups excluding carboxylic acids is 1. The Morgan fingerprint density at radius 1 is 1.18 bits per heavy atom. The van der Waals surface area contributed by atoms with Crippen LogP contribution in [0.15, 0.2) is 47.5 Å². The van der Waals surface area contributed by atoms with Crippen LogP contribution in [0.25, 0.3) is 0 Å². The third-order valence-corrected chi connectivity index (χ3v) is 4.61. The molecule has 4 nitrogen and oxygen atoms in total. The van der Waals surface area contributed by atoms with Crippen molar-refractivity contribution < 1.29 is 4.79 Å². The zero-order valence-corrected chi connectivity index (χ0v) is 13.4. The zero-order valence-electron chi connectivity index (χ0n) is 12.5. The third kappa shape index (κ3) is 3.36. The lowest BCUT2D eigenvalue weighted by Crippen LogP contribution is -2.26. The molecule has 1 atom stereocenters. The van der Waals surface area contributed by atoms with Crippen LogP contribution in [0.5, 0.6) is 0 Å². The van der Waals surface area contributed by atoms with E-state index in [0.717, 1.165) is 5.69 Å². The predicted molar refractivity (Wildman–Crippen MR) is 90.5 cm³/mol. The number of pyridine rings is 1. The van der Waals surface area contributed by atoms with Crippen molar-refractivity contribution in [3.63, 3.8) is 0 Å². The van der Waals surface area contributed by atoms with Crippen molar-refractivity contribution in [3.8, 4) is 0 Å². The number of amides is 1. The number of benzene rings is 1. The zero-order chi connectivity index (χ0) is 15.5. The molecule has 22 heavy (non-hydrogen) atoms. The summed E-state index contributed by atoms with van der Waals surface area (Å²) in [7, 11) is 0. The molecule has 1 N–H and O–H groups in total. The highest BCUT2D eigenvalue weighted by molar-refractivity contribution is 8.15. The molecule has 1 aliphatic heterocycles. The average Bonchev–Trinajstić information content (AvgIpc) is 2.81. The first-order chi connectivity index (χ1) is 10.6. The van der Waals surface area contributed by atoms with Crippen molar-refractivity contribution >= 4 is 28.7 Å². The van der Waals surface area contributed by atoms with Crippen LogP contribution in [-0.2, 0) is 11.2 Å². The number of aromatic nitrogens is 1. The maximum atomic E-state index is 12.1. The first-order valence-corrected chi connectivity index (χ1v) is 8.04. The van der Waals surface area contributed by atoms with Gasteiger partial charge in [-0.05, 0) is 43.5 Å². The summed E-state index contributed by atoms with van der Waals surface area (Å²) in [5.74, 6) is 0.638. The van der Waals surface area contributed by atoms with Gasteiger partial charge in [0.05, 0.1) is 5.25 Å². The molecule has 1 aromatic carbocycles. The lowest BCUT2D eigenvalue weighted by molar-refractivity contribution is -0.118. The lowest BCUT2D eigenvalue weighted by atomic mass is 10.0. The molecule has 112 valence electrons. The average molecular weight is 311 g/mol. The highest BCUT2D eigenvalue weighted by atomic mass is 32.2. The van der Waals surface area contributed by atoms with E-state index in [-0.39, 0.29) is 11.2 Å². The van der Waals surface area contributed by atoms with Gasteiger partial charge < -0.3 is 5.32 Å². The summed E-state index contributed by atoms with van der Waals surface area (Å²) in [6.45, 7) is 3.99. The largest absolute Gasteiger partial charge is 0.304 e. The minimum Gasteiger partial charge on any atom is -0.304 e. The van der Waals surface area contributed by atoms with E-state index in [1.807, 2.05) is 37.3 Å². The molecule has 0 radical (unpaired) electrons. The SMILES string of the molecule is Cc1cccc(/N=C2/NC(=O)C(Cc3ccccc3C)S2)n1. The van der Waals surface area contributed by atoms with Crippen molar-refractivity contribution in [1.29, 1.82) is 0 Å². The van der Waals surface area contributed by atoms with Gasteiger partial charge in [-0.3, -0.25) is 4.79 Å². The van der Waals surface area contributed by atoms with Crippen LogP contribution in [0.3, 0.4) is 0 Å². The van der Waals surface area contributed by atoms with Gasteiger partial charge in [0.25, 0.3) is 0 Å². The van der Waals surface area contributed by atoms with Gasteiger partial charge in [-0.25, -0.2) is 9.98 Å². The second-order valence-electron chi connectivity index (χ2n) is 5.28. The molecule has 0 saturated carbocycles. The smallest absolute Gasteiger partial charge is 0.239 e. The summed E-state index contributed by atoms with van der Waals surface area (Å²) < 4.78 is 0. The van der Waals surface area contributed by atoms with E-state index in [9.17, 15) is 4.79 Å². The number of amidine groups is 1. The molecule has 2 aromatic rings. The molecule has 1 aliphatic rings. The molecular weight excluding hydrogens is 294 g/mol. The predicted octanol–water partition coefficient (Wildman–Crippen LogP) is 3.16. The number of hydrogen-bond acceptors (Lipinski definition) is 4. The number of rotatable bonds is 3. The maximum Gasteiger partial charge on any atom is 0.239 e. The van der Waals surface area contributed by atoms with E-state index in [4.69, 9.17) is 0 Å². The van der Waals surface area contributed by atoms with E-state index >= 15 is 0 Å². The van der Waals surface area contributed by atoms with Gasteiger partial charge in [-0.15, -0.1) is 0 Å². The molecule has 1 aromatic heterocycles. The fraction of sp³-hybridized carbons (Fsp3) is 0.235. The second kappa shape index (κ2) is 6.32. The molecule has 5 heteroatoms. The first-order valence-electron chi connectivity index (χ1n) is 7.16. The molecule has 3 rings (SSSR count). The van der Waals surface area contributed by atoms with Gasteiger partial charge in [0.1, 0.15) is 0 Å². The number of thioether (sulfide) groups is 1. The van der Waals surface area contributed by atoms with Crippen LogP contribution in [0.1, 0.15) is 16.8 Å². The number of nitrogens with zero attached hydrogens (tertiary/aromatic N) is 2. The van der Waals surface area contributed by atoms with Crippen LogP contribution in [0, 0.1) is 13.8 Å². The van der Waals surface area contributed by atoms with Crippen LogP contribution >= 0.6 is 11.8 Å². The maximum absolute atomic E-state index is 12.1. The van der Waals surface area contributed by atoms with E-state index in [1.54, 1.807) is 0 Å². The Labute approximate surface area is 134 Å². The lowest BCUT2D eigenvalue weighted by Gasteiger charge is -2.08. The Morgan fingerprint density at radius 3 is 2.77 bits per heavy atom. The monoisotopic (exact) mass is 311 g/mol. The molecule has 2 heterocycles. The van der Waals surface area contributed by atoms with Gasteiger partial charge in [0.2, 0.25) is 5.91 Å². The molecule has 1 fully saturated rings. The summed E-state index contributed by atoms with van der Waals surface area (Å²) in [6.07, 6.45) is 0.712. The summed E-state index contributed by atoms with van der Waals surface area (Å²) in [5.41, 5.74) is 3.32. The number of carbonyl (C=O) groups is 1. The number of nitrogens with one attached hydrogen (secondary N) is 1. The van der Waals surface area contributed by atoms with Gasteiger partial charge in [0.15, 0.2) is 11.0 Å². The fourth-order valence-electron chi connectivity index (χ4n) is 2.33. The topological polar surface area (TPSA) is 54.4 Å². The highest BCUT2D eigenvalue weighted by Gasteiger charge is 2.30. The minimum absolute atomic E-state index is 0.0136. The fourth-order valence-corrected chi connectivity index (χ4v) is 3.33. The molecule has 1 unspecified atom stereocenters. The van der Waals surface area contributed by atoms with Crippen molar-refractivity contribution in [3.05, 3.63) is 59.3 Å². The van der Waals surface area contributed by atoms with Crippen LogP contribution in [-0.4, -0.2) is 21.3 Å². The first kappa shape index (κ1) is 14.8. The quantitative estimate of drug-likeness (QED) is 0.947. The normalized spacial score (nSPS) is 19.5. The van der Waals surface area contributed by atoms with Gasteiger partial charge in [-0.1, -0.05) is 42.1 Å². The second-order valence-corrected chi connectivity index (χ2v) is 6.47. The summed E-state index contributed by atoms with van der Waals surface area (Å²) in [4.78, 5) is 20.9. The third-order valence-electron chi connectivity index (χ3n) is 3.53. The number of aryl methyl sites for hydroxylation is 2. The number of hydrogen-bond donors (Lipinski definition) is 1. The molecule has 0 aliphatic carbocycles. The van der Waals surface area contributed by atoms with Crippen LogP contribution < -0.4 is 5.32 Å². The van der Waals surface area contributed by atoms with Crippen molar-refractivity contribution in [2.24, 2.45) is 4.99 Å². The van der Waals surface area contributed by atoms with Gasteiger partial charge in [-0.2, -0.15) is 0 Å². The van der Waals surface area contributed by atoms with Crippen molar-refractivity contribution in [2.45, 2.75) is 25.5 Å². The van der Waals surface area contributed by atoms with Crippen molar-refractivity contribution in [1.82, 2.24) is 10.3 Å². The highest BCUT2D eigenvalue weighted by Crippen LogP contribution is 2.26. The van der Waals surface area contributed by atoms with E-state index in [0.29, 0.717) is 17.4 Å². The number of aliphatic imine (C=N–C) groups is 1. The van der Waals surface area contributed by atoms with E-state index in [2.05, 4.69) is 34.3 Å². The van der Waals surface area contributed by atoms with E-state index < -0.39 is 0 Å². The Bertz CT molecular complexity index is 742. The Kier molecular flexibility index (Phi) is 4.24. The molecular formula is C17H17N3OS. The van der Waals surface area contributed by atoms with Crippen LogP contribution in [0.4, 0.5) is 5.82 Å². The molecule has 0 spiro atoms. The van der Waals surface area contributed by atoms with Crippen LogP contribution in [0.2, 0.25) is 0 Å². The van der Waals surface area contributed by atoms with Crippen molar-refractivity contribution in [2.75, 3.05) is 0 Å². The van der Waals surface area contributed by atoms with Gasteiger partial charge in [0, 0.05) is 5.69 Å². The Hall–Kier alpha value is -2.14. The van der Waals surface area contributed by atoms with Gasteiger partial charge >= 0.3 is 0 Å². The molecule has 1 saturated heterocycles. The minimum atomic E-state index is -0.135. The Morgan fingerprint density at radius 2 is 2.00 bits per heavy atom. The summed E-state index contributed by atoms with van der Waals surface area (Å²) in [5, 5.41) is 3.34. The molecule has 1 amide bonds. The Balaban J connectivity index is 1.75. The summed E-state index contributed by atoms with van der Waals surface area (Å²) in [6, 6.07) is 13.8. The summed E-state index contributed by atoms with van der Waals surface area (Å²) >= 11 is 1.47. The standard InChI is InChI=1S/C17H17N3OS/c1-11-6-3-4-8-13(11)10-14-16(21)20-17(22-14)19-15-9-5-7-12(2)18-15/h3-9,14H,10H2,1-2H3,(H,18,19,20,21). The molecule has 0 bridgehead atoms. The van der Waals surface area contributed by atoms with E-state index in [1.165, 1.54) is 22.9 Å².